The summed E-state index contributed by atoms with van der Waals surface area (Å²) in [6.07, 6.45) is 1.58. The molecule has 1 aliphatic rings. The molecular formula is C21H25N5O4S. The number of morpholine rings is 1. The van der Waals surface area contributed by atoms with Crippen molar-refractivity contribution < 1.29 is 17.9 Å². The van der Waals surface area contributed by atoms with Gasteiger partial charge in [0.25, 0.3) is 0 Å². The number of hydrogen-bond acceptors (Lipinski definition) is 6. The molecule has 0 spiro atoms. The molecule has 0 bridgehead atoms. The lowest BCUT2D eigenvalue weighted by Crippen LogP contribution is -2.36. The van der Waals surface area contributed by atoms with Crippen molar-refractivity contribution in [3.63, 3.8) is 0 Å². The van der Waals surface area contributed by atoms with Crippen molar-refractivity contribution in [1.82, 2.24) is 14.5 Å². The van der Waals surface area contributed by atoms with E-state index in [1.807, 2.05) is 37.3 Å². The molecule has 0 aliphatic carbocycles. The predicted molar refractivity (Wildman–Crippen MR) is 119 cm³/mol. The van der Waals surface area contributed by atoms with E-state index in [9.17, 15) is 13.2 Å². The molecule has 0 atom stereocenters. The highest BCUT2D eigenvalue weighted by atomic mass is 32.2. The number of aromatic nitrogens is 2. The minimum absolute atomic E-state index is 0.102. The second kappa shape index (κ2) is 8.66. The molecule has 2 aromatic carbocycles. The first-order chi connectivity index (χ1) is 14.8. The Labute approximate surface area is 181 Å². The fraction of sp³-hybridized carbons (Fsp3) is 0.333. The molecule has 10 heteroatoms. The van der Waals surface area contributed by atoms with E-state index < -0.39 is 15.9 Å². The number of aromatic amines is 1. The molecule has 164 valence electrons. The van der Waals surface area contributed by atoms with Crippen molar-refractivity contribution in [3.8, 4) is 0 Å². The summed E-state index contributed by atoms with van der Waals surface area (Å²) in [4.78, 5) is 14.8. The SMILES string of the molecule is Cc1cc(S(=O)(=O)N(C)CC(=O)Nc2ccc(N3CCOCC3)cc2)c2[nH]ncc2c1. The summed E-state index contributed by atoms with van der Waals surface area (Å²) in [5.41, 5.74) is 2.89. The number of ether oxygens (including phenoxy) is 1. The van der Waals surface area contributed by atoms with Crippen LogP contribution in [0, 0.1) is 6.92 Å². The number of anilines is 2. The maximum absolute atomic E-state index is 13.1. The van der Waals surface area contributed by atoms with Gasteiger partial charge in [-0.15, -0.1) is 0 Å². The first kappa shape index (κ1) is 21.3. The van der Waals surface area contributed by atoms with E-state index in [1.165, 1.54) is 7.05 Å². The van der Waals surface area contributed by atoms with Crippen LogP contribution in [-0.2, 0) is 19.6 Å². The number of likely N-dealkylation sites (N-methyl/N-ethyl adjacent to an activating group) is 1. The Hall–Kier alpha value is -2.95. The molecule has 3 aromatic rings. The molecule has 4 rings (SSSR count). The van der Waals surface area contributed by atoms with E-state index in [0.29, 0.717) is 29.8 Å². The Balaban J connectivity index is 1.43. The average Bonchev–Trinajstić information content (AvgIpc) is 3.22. The zero-order valence-corrected chi connectivity index (χ0v) is 18.3. The van der Waals surface area contributed by atoms with E-state index >= 15 is 0 Å². The maximum atomic E-state index is 13.1. The summed E-state index contributed by atoms with van der Waals surface area (Å²) < 4.78 is 32.6. The number of nitrogens with zero attached hydrogens (tertiary/aromatic N) is 3. The monoisotopic (exact) mass is 443 g/mol. The maximum Gasteiger partial charge on any atom is 0.245 e. The summed E-state index contributed by atoms with van der Waals surface area (Å²) in [6.45, 7) is 4.57. The third-order valence-corrected chi connectivity index (χ3v) is 7.07. The average molecular weight is 444 g/mol. The Bertz CT molecular complexity index is 1180. The van der Waals surface area contributed by atoms with Crippen molar-refractivity contribution in [1.29, 1.82) is 0 Å². The van der Waals surface area contributed by atoms with Gasteiger partial charge >= 0.3 is 0 Å². The fourth-order valence-corrected chi connectivity index (χ4v) is 4.98. The summed E-state index contributed by atoms with van der Waals surface area (Å²) in [5.74, 6) is -0.418. The number of H-pyrrole nitrogens is 1. The van der Waals surface area contributed by atoms with Crippen LogP contribution in [0.2, 0.25) is 0 Å². The van der Waals surface area contributed by atoms with Gasteiger partial charge in [-0.05, 0) is 48.9 Å². The van der Waals surface area contributed by atoms with Crippen molar-refractivity contribution >= 4 is 38.2 Å². The van der Waals surface area contributed by atoms with Crippen LogP contribution < -0.4 is 10.2 Å². The van der Waals surface area contributed by atoms with E-state index in [4.69, 9.17) is 4.74 Å². The van der Waals surface area contributed by atoms with Gasteiger partial charge in [0.05, 0.1) is 31.5 Å². The van der Waals surface area contributed by atoms with E-state index in [2.05, 4.69) is 20.4 Å². The van der Waals surface area contributed by atoms with Crippen molar-refractivity contribution in [2.24, 2.45) is 0 Å². The predicted octanol–water partition coefficient (Wildman–Crippen LogP) is 1.97. The number of sulfonamides is 1. The smallest absolute Gasteiger partial charge is 0.245 e. The normalized spacial score (nSPS) is 14.9. The topological polar surface area (TPSA) is 108 Å². The Morgan fingerprint density at radius 3 is 2.65 bits per heavy atom. The Morgan fingerprint density at radius 1 is 1.23 bits per heavy atom. The first-order valence-corrected chi connectivity index (χ1v) is 11.4. The third kappa shape index (κ3) is 4.55. The molecule has 1 aliphatic heterocycles. The number of hydrogen-bond donors (Lipinski definition) is 2. The van der Waals surface area contributed by atoms with Gasteiger partial charge in [0.1, 0.15) is 4.90 Å². The standard InChI is InChI=1S/C21H25N5O4S/c1-15-11-16-13-22-24-21(16)19(12-15)31(28,29)25(2)14-20(27)23-17-3-5-18(6-4-17)26-7-9-30-10-8-26/h3-6,11-13H,7-10,14H2,1-2H3,(H,22,24)(H,23,27). The number of amides is 1. The largest absolute Gasteiger partial charge is 0.378 e. The fourth-order valence-electron chi connectivity index (χ4n) is 3.60. The zero-order chi connectivity index (χ0) is 22.0. The number of aryl methyl sites for hydroxylation is 1. The molecule has 0 unspecified atom stereocenters. The zero-order valence-electron chi connectivity index (χ0n) is 17.5. The first-order valence-electron chi connectivity index (χ1n) is 9.97. The lowest BCUT2D eigenvalue weighted by Gasteiger charge is -2.28. The molecule has 1 fully saturated rings. The summed E-state index contributed by atoms with van der Waals surface area (Å²) in [6, 6.07) is 10.9. The van der Waals surface area contributed by atoms with Gasteiger partial charge in [0, 0.05) is 36.9 Å². The number of rotatable bonds is 6. The number of benzene rings is 2. The van der Waals surface area contributed by atoms with Crippen LogP contribution >= 0.6 is 0 Å². The quantitative estimate of drug-likeness (QED) is 0.603. The minimum atomic E-state index is -3.88. The van der Waals surface area contributed by atoms with Crippen molar-refractivity contribution in [2.45, 2.75) is 11.8 Å². The number of nitrogens with one attached hydrogen (secondary N) is 2. The minimum Gasteiger partial charge on any atom is -0.378 e. The Morgan fingerprint density at radius 2 is 1.94 bits per heavy atom. The van der Waals surface area contributed by atoms with Gasteiger partial charge in [-0.25, -0.2) is 8.42 Å². The van der Waals surface area contributed by atoms with Crippen molar-refractivity contribution in [2.75, 3.05) is 50.1 Å². The number of fused-ring (bicyclic) bond motifs is 1. The third-order valence-electron chi connectivity index (χ3n) is 5.24. The second-order valence-electron chi connectivity index (χ2n) is 7.55. The van der Waals surface area contributed by atoms with Gasteiger partial charge in [-0.1, -0.05) is 0 Å². The molecule has 1 amide bonds. The molecule has 0 radical (unpaired) electrons. The van der Waals surface area contributed by atoms with E-state index in [-0.39, 0.29) is 11.4 Å². The highest BCUT2D eigenvalue weighted by molar-refractivity contribution is 7.89. The van der Waals surface area contributed by atoms with Crippen LogP contribution in [0.25, 0.3) is 10.9 Å². The van der Waals surface area contributed by atoms with Gasteiger partial charge in [0.2, 0.25) is 15.9 Å². The van der Waals surface area contributed by atoms with Crippen molar-refractivity contribution in [3.05, 3.63) is 48.2 Å². The molecule has 1 aromatic heterocycles. The van der Waals surface area contributed by atoms with Gasteiger partial charge in [-0.3, -0.25) is 9.89 Å². The lowest BCUT2D eigenvalue weighted by atomic mass is 10.2. The van der Waals surface area contributed by atoms with E-state index in [0.717, 1.165) is 28.6 Å². The van der Waals surface area contributed by atoms with Gasteiger partial charge in [0.15, 0.2) is 0 Å². The highest BCUT2D eigenvalue weighted by Gasteiger charge is 2.26. The molecule has 31 heavy (non-hydrogen) atoms. The molecular weight excluding hydrogens is 418 g/mol. The molecule has 0 saturated carbocycles. The van der Waals surface area contributed by atoms with E-state index in [1.54, 1.807) is 12.3 Å². The summed E-state index contributed by atoms with van der Waals surface area (Å²) in [7, 11) is -2.49. The second-order valence-corrected chi connectivity index (χ2v) is 9.57. The highest BCUT2D eigenvalue weighted by Crippen LogP contribution is 2.25. The van der Waals surface area contributed by atoms with Crippen LogP contribution in [0.15, 0.2) is 47.5 Å². The molecule has 2 heterocycles. The van der Waals surface area contributed by atoms with Gasteiger partial charge < -0.3 is 15.0 Å². The molecule has 2 N–H and O–H groups in total. The number of carbonyl (C=O) groups excluding carboxylic acids is 1. The molecule has 9 nitrogen and oxygen atoms in total. The van der Waals surface area contributed by atoms with Crippen LogP contribution in [0.5, 0.6) is 0 Å². The Kier molecular flexibility index (Phi) is 5.94. The van der Waals surface area contributed by atoms with Gasteiger partial charge in [-0.2, -0.15) is 9.40 Å². The van der Waals surface area contributed by atoms with Crippen LogP contribution in [0.3, 0.4) is 0 Å². The summed E-state index contributed by atoms with van der Waals surface area (Å²) in [5, 5.41) is 10.1. The summed E-state index contributed by atoms with van der Waals surface area (Å²) >= 11 is 0. The lowest BCUT2D eigenvalue weighted by molar-refractivity contribution is -0.116. The molecule has 1 saturated heterocycles. The van der Waals surface area contributed by atoms with Crippen LogP contribution in [0.4, 0.5) is 11.4 Å². The van der Waals surface area contributed by atoms with Crippen LogP contribution in [0.1, 0.15) is 5.56 Å². The van der Waals surface area contributed by atoms with Crippen LogP contribution in [-0.4, -0.2) is 68.7 Å². The number of carbonyl (C=O) groups is 1.